The van der Waals surface area contributed by atoms with Crippen molar-refractivity contribution in [3.63, 3.8) is 0 Å². The van der Waals surface area contributed by atoms with Crippen molar-refractivity contribution in [2.24, 2.45) is 0 Å². The Labute approximate surface area is 107 Å². The Morgan fingerprint density at radius 2 is 1.94 bits per heavy atom. The van der Waals surface area contributed by atoms with Crippen LogP contribution in [0.1, 0.15) is 37.1 Å². The molecule has 1 aromatic heterocycles. The van der Waals surface area contributed by atoms with Crippen LogP contribution in [0.4, 0.5) is 5.95 Å². The normalized spacial score (nSPS) is 26.2. The SMILES string of the molecule is Cc1cc(C)nc(NC2=[NH+][C@H]3CCCC[C@H]3N2)n1. The highest BCUT2D eigenvalue weighted by molar-refractivity contribution is 5.88. The van der Waals surface area contributed by atoms with Crippen LogP contribution < -0.4 is 15.6 Å². The molecule has 5 heteroatoms. The van der Waals surface area contributed by atoms with E-state index in [4.69, 9.17) is 0 Å². The first-order chi connectivity index (χ1) is 8.70. The molecule has 1 aromatic rings. The van der Waals surface area contributed by atoms with E-state index in [1.807, 2.05) is 19.9 Å². The van der Waals surface area contributed by atoms with Crippen molar-refractivity contribution in [1.29, 1.82) is 0 Å². The van der Waals surface area contributed by atoms with E-state index in [0.717, 1.165) is 17.3 Å². The van der Waals surface area contributed by atoms with Gasteiger partial charge >= 0.3 is 5.96 Å². The van der Waals surface area contributed by atoms with Gasteiger partial charge in [0.25, 0.3) is 5.95 Å². The van der Waals surface area contributed by atoms with E-state index < -0.39 is 0 Å². The molecule has 1 aliphatic heterocycles. The zero-order valence-electron chi connectivity index (χ0n) is 11.0. The topological polar surface area (TPSA) is 63.8 Å². The lowest BCUT2D eigenvalue weighted by atomic mass is 9.92. The Bertz CT molecular complexity index is 462. The average molecular weight is 246 g/mol. The predicted octanol–water partition coefficient (Wildman–Crippen LogP) is -0.144. The molecule has 3 rings (SSSR count). The fraction of sp³-hybridized carbons (Fsp3) is 0.615. The van der Waals surface area contributed by atoms with Crippen molar-refractivity contribution in [2.75, 3.05) is 5.32 Å². The fourth-order valence-corrected chi connectivity index (χ4v) is 2.85. The summed E-state index contributed by atoms with van der Waals surface area (Å²) >= 11 is 0. The van der Waals surface area contributed by atoms with Gasteiger partial charge in [-0.15, -0.1) is 0 Å². The van der Waals surface area contributed by atoms with Crippen LogP contribution in [0, 0.1) is 13.8 Å². The number of aryl methyl sites for hydroxylation is 2. The molecule has 0 radical (unpaired) electrons. The van der Waals surface area contributed by atoms with Crippen molar-refractivity contribution in [3.8, 4) is 0 Å². The molecule has 96 valence electrons. The zero-order valence-corrected chi connectivity index (χ0v) is 11.0. The van der Waals surface area contributed by atoms with Crippen LogP contribution in [0.2, 0.25) is 0 Å². The van der Waals surface area contributed by atoms with Gasteiger partial charge in [0.1, 0.15) is 12.1 Å². The van der Waals surface area contributed by atoms with Crippen LogP contribution >= 0.6 is 0 Å². The Kier molecular flexibility index (Phi) is 2.89. The first-order valence-corrected chi connectivity index (χ1v) is 6.70. The van der Waals surface area contributed by atoms with Crippen LogP contribution in [0.5, 0.6) is 0 Å². The van der Waals surface area contributed by atoms with Crippen LogP contribution in [-0.2, 0) is 0 Å². The first kappa shape index (κ1) is 11.4. The molecule has 18 heavy (non-hydrogen) atoms. The van der Waals surface area contributed by atoms with E-state index in [2.05, 4.69) is 25.6 Å². The molecule has 0 unspecified atom stereocenters. The fourth-order valence-electron chi connectivity index (χ4n) is 2.85. The maximum absolute atomic E-state index is 4.39. The molecule has 0 spiro atoms. The summed E-state index contributed by atoms with van der Waals surface area (Å²) in [5.74, 6) is 1.62. The number of guanidine groups is 1. The molecule has 1 aliphatic carbocycles. The lowest BCUT2D eigenvalue weighted by Crippen LogP contribution is -2.79. The van der Waals surface area contributed by atoms with Gasteiger partial charge in [0.2, 0.25) is 0 Å². The summed E-state index contributed by atoms with van der Waals surface area (Å²) in [6.07, 6.45) is 5.14. The minimum Gasteiger partial charge on any atom is -0.271 e. The monoisotopic (exact) mass is 246 g/mol. The Morgan fingerprint density at radius 3 is 2.67 bits per heavy atom. The summed E-state index contributed by atoms with van der Waals surface area (Å²) in [5, 5.41) is 6.75. The van der Waals surface area contributed by atoms with Gasteiger partial charge in [-0.05, 0) is 45.6 Å². The number of fused-ring (bicyclic) bond motifs is 1. The van der Waals surface area contributed by atoms with Crippen LogP contribution in [-0.4, -0.2) is 28.0 Å². The van der Waals surface area contributed by atoms with Gasteiger partial charge in [0.05, 0.1) is 0 Å². The molecular weight excluding hydrogens is 226 g/mol. The van der Waals surface area contributed by atoms with Crippen LogP contribution in [0.25, 0.3) is 0 Å². The summed E-state index contributed by atoms with van der Waals surface area (Å²) in [5.41, 5.74) is 1.97. The third-order valence-corrected chi connectivity index (χ3v) is 3.64. The van der Waals surface area contributed by atoms with E-state index >= 15 is 0 Å². The minimum atomic E-state index is 0.562. The highest BCUT2D eigenvalue weighted by Gasteiger charge is 2.35. The molecule has 3 N–H and O–H groups in total. The second-order valence-corrected chi connectivity index (χ2v) is 5.26. The summed E-state index contributed by atoms with van der Waals surface area (Å²) in [6, 6.07) is 3.10. The number of anilines is 1. The highest BCUT2D eigenvalue weighted by Crippen LogP contribution is 2.17. The van der Waals surface area contributed by atoms with Gasteiger partial charge in [0, 0.05) is 11.4 Å². The van der Waals surface area contributed by atoms with Crippen molar-refractivity contribution in [2.45, 2.75) is 51.6 Å². The molecule has 0 saturated heterocycles. The Morgan fingerprint density at radius 1 is 1.22 bits per heavy atom. The van der Waals surface area contributed by atoms with Gasteiger partial charge in [0.15, 0.2) is 0 Å². The van der Waals surface area contributed by atoms with Gasteiger partial charge in [-0.3, -0.25) is 10.3 Å². The molecule has 1 fully saturated rings. The second-order valence-electron chi connectivity index (χ2n) is 5.26. The van der Waals surface area contributed by atoms with Crippen molar-refractivity contribution in [1.82, 2.24) is 15.3 Å². The maximum atomic E-state index is 4.39. The Balaban J connectivity index is 1.73. The van der Waals surface area contributed by atoms with Crippen molar-refractivity contribution in [3.05, 3.63) is 17.5 Å². The second kappa shape index (κ2) is 4.55. The molecule has 2 aliphatic rings. The third-order valence-electron chi connectivity index (χ3n) is 3.64. The largest absolute Gasteiger partial charge is 0.351 e. The van der Waals surface area contributed by atoms with Gasteiger partial charge in [-0.2, -0.15) is 0 Å². The maximum Gasteiger partial charge on any atom is 0.351 e. The number of aromatic nitrogens is 2. The summed E-state index contributed by atoms with van der Waals surface area (Å²) in [7, 11) is 0. The predicted molar refractivity (Wildman–Crippen MR) is 70.3 cm³/mol. The number of nitrogens with zero attached hydrogens (tertiary/aromatic N) is 2. The molecule has 2 heterocycles. The summed E-state index contributed by atoms with van der Waals surface area (Å²) in [4.78, 5) is 12.3. The zero-order chi connectivity index (χ0) is 12.5. The van der Waals surface area contributed by atoms with Gasteiger partial charge in [-0.1, -0.05) is 0 Å². The van der Waals surface area contributed by atoms with E-state index in [1.54, 1.807) is 0 Å². The molecule has 1 saturated carbocycles. The van der Waals surface area contributed by atoms with Crippen LogP contribution in [0.15, 0.2) is 6.07 Å². The molecule has 0 aromatic carbocycles. The lowest BCUT2D eigenvalue weighted by molar-refractivity contribution is -0.498. The molecular formula is C13H20N5+. The number of rotatable bonds is 1. The van der Waals surface area contributed by atoms with Crippen molar-refractivity contribution < 1.29 is 4.99 Å². The Hall–Kier alpha value is -1.65. The first-order valence-electron chi connectivity index (χ1n) is 6.70. The van der Waals surface area contributed by atoms with E-state index in [0.29, 0.717) is 18.0 Å². The van der Waals surface area contributed by atoms with Gasteiger partial charge in [-0.25, -0.2) is 15.3 Å². The smallest absolute Gasteiger partial charge is 0.271 e. The average Bonchev–Trinajstić information content (AvgIpc) is 2.69. The standard InChI is InChI=1S/C13H19N5/c1-8-7-9(2)15-12(14-8)18-13-16-10-5-3-4-6-11(10)17-13/h7,10-11H,3-6H2,1-2H3,(H2,14,15,16,17,18)/p+1/t10-,11+. The third kappa shape index (κ3) is 2.30. The molecule has 0 amide bonds. The van der Waals surface area contributed by atoms with Gasteiger partial charge < -0.3 is 0 Å². The van der Waals surface area contributed by atoms with E-state index in [1.165, 1.54) is 25.7 Å². The molecule has 5 nitrogen and oxygen atoms in total. The number of hydrogen-bond acceptors (Lipinski definition) is 4. The van der Waals surface area contributed by atoms with E-state index in [-0.39, 0.29) is 0 Å². The minimum absolute atomic E-state index is 0.562. The number of hydrogen-bond donors (Lipinski definition) is 3. The summed E-state index contributed by atoms with van der Waals surface area (Å²) in [6.45, 7) is 3.97. The van der Waals surface area contributed by atoms with Crippen molar-refractivity contribution >= 4 is 11.9 Å². The van der Waals surface area contributed by atoms with Crippen LogP contribution in [0.3, 0.4) is 0 Å². The number of nitrogens with one attached hydrogen (secondary N) is 3. The molecule has 0 bridgehead atoms. The summed E-state index contributed by atoms with van der Waals surface area (Å²) < 4.78 is 0. The molecule has 2 atom stereocenters. The van der Waals surface area contributed by atoms with E-state index in [9.17, 15) is 0 Å². The lowest BCUT2D eigenvalue weighted by Gasteiger charge is -2.19. The highest BCUT2D eigenvalue weighted by atomic mass is 15.3. The quantitative estimate of drug-likeness (QED) is 0.645.